The number of rotatable bonds is 4. The summed E-state index contributed by atoms with van der Waals surface area (Å²) in [6.07, 6.45) is 3.50. The third kappa shape index (κ3) is 3.22. The van der Waals surface area contributed by atoms with Gasteiger partial charge in [-0.25, -0.2) is 4.79 Å². The summed E-state index contributed by atoms with van der Waals surface area (Å²) >= 11 is 1.74. The van der Waals surface area contributed by atoms with Crippen molar-refractivity contribution in [2.75, 3.05) is 6.54 Å². The second-order valence-electron chi connectivity index (χ2n) is 5.32. The van der Waals surface area contributed by atoms with E-state index in [4.69, 9.17) is 0 Å². The lowest BCUT2D eigenvalue weighted by molar-refractivity contribution is 0.226. The molecule has 0 aromatic carbocycles. The van der Waals surface area contributed by atoms with Crippen LogP contribution in [0.1, 0.15) is 38.0 Å². The van der Waals surface area contributed by atoms with E-state index < -0.39 is 0 Å². The van der Waals surface area contributed by atoms with Crippen molar-refractivity contribution in [2.45, 2.75) is 44.6 Å². The van der Waals surface area contributed by atoms with Crippen molar-refractivity contribution >= 4 is 17.4 Å². The number of carbonyl (C=O) groups is 1. The maximum Gasteiger partial charge on any atom is 0.315 e. The quantitative estimate of drug-likeness (QED) is 0.850. The van der Waals surface area contributed by atoms with Gasteiger partial charge in [0.15, 0.2) is 0 Å². The molecule has 94 valence electrons. The summed E-state index contributed by atoms with van der Waals surface area (Å²) in [5, 5.41) is 8.03. The molecule has 0 saturated heterocycles. The average Bonchev–Trinajstić information content (AvgIpc) is 2.74. The number of amides is 2. The first-order chi connectivity index (χ1) is 8.08. The number of hydrogen-bond donors (Lipinski definition) is 2. The zero-order chi connectivity index (χ0) is 12.3. The van der Waals surface area contributed by atoms with Gasteiger partial charge in [0.25, 0.3) is 0 Å². The van der Waals surface area contributed by atoms with Crippen molar-refractivity contribution < 1.29 is 4.79 Å². The molecule has 1 aliphatic rings. The molecule has 1 heterocycles. The average molecular weight is 252 g/mol. The first kappa shape index (κ1) is 12.4. The predicted molar refractivity (Wildman–Crippen MR) is 71.5 cm³/mol. The van der Waals surface area contributed by atoms with Crippen LogP contribution in [-0.2, 0) is 5.41 Å². The van der Waals surface area contributed by atoms with Gasteiger partial charge in [-0.2, -0.15) is 0 Å². The van der Waals surface area contributed by atoms with E-state index >= 15 is 0 Å². The van der Waals surface area contributed by atoms with Crippen molar-refractivity contribution in [1.82, 2.24) is 10.6 Å². The normalized spacial score (nSPS) is 16.4. The third-order valence-electron chi connectivity index (χ3n) is 3.32. The molecule has 3 nitrogen and oxygen atoms in total. The largest absolute Gasteiger partial charge is 0.337 e. The zero-order valence-corrected chi connectivity index (χ0v) is 11.3. The molecule has 1 aliphatic carbocycles. The van der Waals surface area contributed by atoms with E-state index in [1.54, 1.807) is 11.3 Å². The van der Waals surface area contributed by atoms with E-state index in [0.717, 1.165) is 12.8 Å². The van der Waals surface area contributed by atoms with Crippen LogP contribution >= 0.6 is 11.3 Å². The van der Waals surface area contributed by atoms with E-state index in [2.05, 4.69) is 42.0 Å². The second kappa shape index (κ2) is 5.08. The lowest BCUT2D eigenvalue weighted by atomic mass is 9.91. The Labute approximate surface area is 107 Å². The summed E-state index contributed by atoms with van der Waals surface area (Å²) in [6, 6.07) is 4.55. The van der Waals surface area contributed by atoms with E-state index in [1.807, 2.05) is 0 Å². The van der Waals surface area contributed by atoms with Gasteiger partial charge in [-0.15, -0.1) is 11.3 Å². The summed E-state index contributed by atoms with van der Waals surface area (Å²) in [5.41, 5.74) is 0.00508. The number of carbonyl (C=O) groups excluding carboxylic acids is 1. The summed E-state index contributed by atoms with van der Waals surface area (Å²) < 4.78 is 0. The summed E-state index contributed by atoms with van der Waals surface area (Å²) in [4.78, 5) is 13.0. The van der Waals surface area contributed by atoms with E-state index in [-0.39, 0.29) is 11.4 Å². The number of thiophene rings is 1. The molecule has 2 N–H and O–H groups in total. The fourth-order valence-electron chi connectivity index (χ4n) is 1.84. The Hall–Kier alpha value is -1.03. The zero-order valence-electron chi connectivity index (χ0n) is 10.5. The van der Waals surface area contributed by atoms with Crippen molar-refractivity contribution in [3.63, 3.8) is 0 Å². The molecule has 1 aromatic rings. The van der Waals surface area contributed by atoms with E-state index in [1.165, 1.54) is 11.3 Å². The molecule has 0 radical (unpaired) electrons. The highest BCUT2D eigenvalue weighted by Gasteiger charge is 2.24. The van der Waals surface area contributed by atoms with Crippen LogP contribution in [0.3, 0.4) is 0 Å². The molecule has 2 amide bonds. The fourth-order valence-corrected chi connectivity index (χ4v) is 2.69. The minimum absolute atomic E-state index is 0.00508. The molecule has 1 fully saturated rings. The van der Waals surface area contributed by atoms with Gasteiger partial charge in [0.05, 0.1) is 0 Å². The summed E-state index contributed by atoms with van der Waals surface area (Å²) in [7, 11) is 0. The van der Waals surface area contributed by atoms with Gasteiger partial charge in [-0.1, -0.05) is 19.9 Å². The molecule has 0 unspecified atom stereocenters. The Bertz CT molecular complexity index is 369. The van der Waals surface area contributed by atoms with Crippen LogP contribution < -0.4 is 10.6 Å². The van der Waals surface area contributed by atoms with Crippen LogP contribution in [0, 0.1) is 0 Å². The highest BCUT2D eigenvalue weighted by Crippen LogP contribution is 2.26. The topological polar surface area (TPSA) is 41.1 Å². The lowest BCUT2D eigenvalue weighted by Gasteiger charge is -2.28. The molecule has 0 bridgehead atoms. The standard InChI is InChI=1S/C13H20N2OS/c1-13(2,11-7-4-8-17-11)9-14-12(16)15-10-5-3-6-10/h4,7-8,10H,3,5-6,9H2,1-2H3,(H2,14,15,16). The second-order valence-corrected chi connectivity index (χ2v) is 6.26. The molecule has 17 heavy (non-hydrogen) atoms. The van der Waals surface area contributed by atoms with Gasteiger partial charge in [-0.05, 0) is 30.7 Å². The van der Waals surface area contributed by atoms with Crippen LogP contribution in [0.5, 0.6) is 0 Å². The Kier molecular flexibility index (Phi) is 3.72. The van der Waals surface area contributed by atoms with Crippen molar-refractivity contribution in [3.8, 4) is 0 Å². The molecular weight excluding hydrogens is 232 g/mol. The smallest absolute Gasteiger partial charge is 0.315 e. The van der Waals surface area contributed by atoms with Gasteiger partial charge in [-0.3, -0.25) is 0 Å². The number of urea groups is 1. The minimum atomic E-state index is -0.0284. The first-order valence-corrected chi connectivity index (χ1v) is 7.04. The summed E-state index contributed by atoms with van der Waals surface area (Å²) in [5.74, 6) is 0. The van der Waals surface area contributed by atoms with Crippen molar-refractivity contribution in [2.24, 2.45) is 0 Å². The number of nitrogens with one attached hydrogen (secondary N) is 2. The Morgan fingerprint density at radius 1 is 1.53 bits per heavy atom. The monoisotopic (exact) mass is 252 g/mol. The van der Waals surface area contributed by atoms with Crippen LogP contribution in [0.2, 0.25) is 0 Å². The minimum Gasteiger partial charge on any atom is -0.337 e. The van der Waals surface area contributed by atoms with Crippen molar-refractivity contribution in [1.29, 1.82) is 0 Å². The first-order valence-electron chi connectivity index (χ1n) is 6.16. The van der Waals surface area contributed by atoms with Gasteiger partial charge in [0.1, 0.15) is 0 Å². The van der Waals surface area contributed by atoms with Gasteiger partial charge in [0.2, 0.25) is 0 Å². The van der Waals surface area contributed by atoms with Crippen LogP contribution in [0.15, 0.2) is 17.5 Å². The Morgan fingerprint density at radius 2 is 2.29 bits per heavy atom. The Balaban J connectivity index is 1.78. The SMILES string of the molecule is CC(C)(CNC(=O)NC1CCC1)c1cccs1. The third-order valence-corrected chi connectivity index (χ3v) is 4.56. The molecule has 4 heteroatoms. The van der Waals surface area contributed by atoms with Crippen molar-refractivity contribution in [3.05, 3.63) is 22.4 Å². The molecule has 0 aliphatic heterocycles. The van der Waals surface area contributed by atoms with Gasteiger partial charge in [0, 0.05) is 22.9 Å². The molecule has 0 atom stereocenters. The fraction of sp³-hybridized carbons (Fsp3) is 0.615. The van der Waals surface area contributed by atoms with Gasteiger partial charge < -0.3 is 10.6 Å². The van der Waals surface area contributed by atoms with E-state index in [9.17, 15) is 4.79 Å². The molecule has 2 rings (SSSR count). The number of hydrogen-bond acceptors (Lipinski definition) is 2. The highest BCUT2D eigenvalue weighted by atomic mass is 32.1. The van der Waals surface area contributed by atoms with Crippen LogP contribution in [0.25, 0.3) is 0 Å². The lowest BCUT2D eigenvalue weighted by Crippen LogP contribution is -2.47. The van der Waals surface area contributed by atoms with Crippen LogP contribution in [0.4, 0.5) is 4.79 Å². The maximum absolute atomic E-state index is 11.6. The van der Waals surface area contributed by atoms with Gasteiger partial charge >= 0.3 is 6.03 Å². The molecule has 0 spiro atoms. The van der Waals surface area contributed by atoms with E-state index in [0.29, 0.717) is 12.6 Å². The maximum atomic E-state index is 11.6. The molecule has 1 aromatic heterocycles. The molecular formula is C13H20N2OS. The predicted octanol–water partition coefficient (Wildman–Crippen LogP) is 2.88. The Morgan fingerprint density at radius 3 is 2.82 bits per heavy atom. The highest BCUT2D eigenvalue weighted by molar-refractivity contribution is 7.10. The molecule has 1 saturated carbocycles. The summed E-state index contributed by atoms with van der Waals surface area (Å²) in [6.45, 7) is 4.98. The van der Waals surface area contributed by atoms with Crippen LogP contribution in [-0.4, -0.2) is 18.6 Å².